The molecule has 3 rings (SSSR count). The van der Waals surface area contributed by atoms with Gasteiger partial charge in [-0.05, 0) is 29.8 Å². The molecule has 0 N–H and O–H groups in total. The zero-order chi connectivity index (χ0) is 20.8. The zero-order valence-electron chi connectivity index (χ0n) is 16.1. The van der Waals surface area contributed by atoms with Crippen LogP contribution in [-0.2, 0) is 20.7 Å². The van der Waals surface area contributed by atoms with Crippen LogP contribution in [0.4, 0.5) is 14.5 Å². The Morgan fingerprint density at radius 3 is 2.38 bits per heavy atom. The van der Waals surface area contributed by atoms with Gasteiger partial charge in [-0.3, -0.25) is 9.59 Å². The summed E-state index contributed by atoms with van der Waals surface area (Å²) in [5.41, 5.74) is 0.942. The van der Waals surface area contributed by atoms with E-state index in [2.05, 4.69) is 0 Å². The molecule has 0 saturated carbocycles. The molecule has 1 amide bonds. The number of anilines is 1. The summed E-state index contributed by atoms with van der Waals surface area (Å²) in [4.78, 5) is 27.7. The van der Waals surface area contributed by atoms with Crippen molar-refractivity contribution >= 4 is 17.6 Å². The maximum Gasteiger partial charge on any atom is 0.310 e. The van der Waals surface area contributed by atoms with Gasteiger partial charge in [0.05, 0.1) is 19.2 Å². The highest BCUT2D eigenvalue weighted by Crippen LogP contribution is 2.20. The van der Waals surface area contributed by atoms with Crippen LogP contribution in [0.25, 0.3) is 0 Å². The van der Waals surface area contributed by atoms with Gasteiger partial charge in [-0.15, -0.1) is 0 Å². The molecule has 1 fully saturated rings. The Bertz CT molecular complexity index is 883. The van der Waals surface area contributed by atoms with Crippen LogP contribution in [0.1, 0.15) is 5.56 Å². The van der Waals surface area contributed by atoms with E-state index in [9.17, 15) is 18.4 Å². The molecule has 1 saturated heterocycles. The average molecular weight is 404 g/mol. The normalized spacial score (nSPS) is 13.9. The molecular weight excluding hydrogens is 382 g/mol. The summed E-state index contributed by atoms with van der Waals surface area (Å²) in [7, 11) is 1.36. The van der Waals surface area contributed by atoms with Crippen LogP contribution in [0.5, 0.6) is 5.75 Å². The standard InChI is InChI=1S/C21H22F2N2O4/c1-28-19-7-6-15(12-17(19)23)13-21(27)29-14-20(26)25-10-8-24(9-11-25)18-5-3-2-4-16(18)22/h2-7,12H,8-11,13-14H2,1H3. The van der Waals surface area contributed by atoms with Crippen molar-refractivity contribution < 1.29 is 27.8 Å². The quantitative estimate of drug-likeness (QED) is 0.692. The van der Waals surface area contributed by atoms with E-state index in [4.69, 9.17) is 9.47 Å². The molecule has 2 aromatic carbocycles. The number of hydrogen-bond donors (Lipinski definition) is 0. The van der Waals surface area contributed by atoms with Crippen molar-refractivity contribution in [1.29, 1.82) is 0 Å². The number of carbonyl (C=O) groups is 2. The Balaban J connectivity index is 1.44. The summed E-state index contributed by atoms with van der Waals surface area (Å²) in [6.45, 7) is 1.43. The molecule has 0 bridgehead atoms. The van der Waals surface area contributed by atoms with Crippen molar-refractivity contribution in [2.45, 2.75) is 6.42 Å². The SMILES string of the molecule is COc1ccc(CC(=O)OCC(=O)N2CCN(c3ccccc3F)CC2)cc1F. The van der Waals surface area contributed by atoms with E-state index in [0.717, 1.165) is 0 Å². The number of amides is 1. The highest BCUT2D eigenvalue weighted by Gasteiger charge is 2.23. The van der Waals surface area contributed by atoms with Crippen LogP contribution in [0.3, 0.4) is 0 Å². The summed E-state index contributed by atoms with van der Waals surface area (Å²) >= 11 is 0. The van der Waals surface area contributed by atoms with Crippen LogP contribution < -0.4 is 9.64 Å². The molecule has 1 aliphatic heterocycles. The Hall–Kier alpha value is -3.16. The molecule has 0 aliphatic carbocycles. The van der Waals surface area contributed by atoms with Crippen molar-refractivity contribution in [3.05, 3.63) is 59.7 Å². The number of carbonyl (C=O) groups excluding carboxylic acids is 2. The molecule has 2 aromatic rings. The molecule has 154 valence electrons. The Morgan fingerprint density at radius 2 is 1.72 bits per heavy atom. The van der Waals surface area contributed by atoms with Crippen molar-refractivity contribution in [3.8, 4) is 5.75 Å². The van der Waals surface area contributed by atoms with Gasteiger partial charge in [-0.1, -0.05) is 18.2 Å². The molecule has 1 aliphatic rings. The third-order valence-electron chi connectivity index (χ3n) is 4.75. The average Bonchev–Trinajstić information content (AvgIpc) is 2.73. The first-order valence-corrected chi connectivity index (χ1v) is 9.23. The van der Waals surface area contributed by atoms with E-state index >= 15 is 0 Å². The van der Waals surface area contributed by atoms with Crippen LogP contribution in [0.2, 0.25) is 0 Å². The minimum absolute atomic E-state index is 0.0896. The van der Waals surface area contributed by atoms with Gasteiger partial charge in [0, 0.05) is 26.2 Å². The minimum Gasteiger partial charge on any atom is -0.494 e. The topological polar surface area (TPSA) is 59.1 Å². The molecule has 6 nitrogen and oxygen atoms in total. The summed E-state index contributed by atoms with van der Waals surface area (Å²) in [5.74, 6) is -1.70. The fourth-order valence-corrected chi connectivity index (χ4v) is 3.18. The number of ether oxygens (including phenoxy) is 2. The molecule has 1 heterocycles. The lowest BCUT2D eigenvalue weighted by atomic mass is 10.1. The third kappa shape index (κ3) is 5.22. The number of piperazine rings is 1. The van der Waals surface area contributed by atoms with E-state index in [-0.39, 0.29) is 30.5 Å². The number of esters is 1. The molecule has 0 atom stereocenters. The second-order valence-corrected chi connectivity index (χ2v) is 6.63. The Kier molecular flexibility index (Phi) is 6.64. The Morgan fingerprint density at radius 1 is 1.00 bits per heavy atom. The third-order valence-corrected chi connectivity index (χ3v) is 4.75. The van der Waals surface area contributed by atoms with Gasteiger partial charge >= 0.3 is 5.97 Å². The van der Waals surface area contributed by atoms with Gasteiger partial charge < -0.3 is 19.3 Å². The van der Waals surface area contributed by atoms with Crippen LogP contribution in [0, 0.1) is 11.6 Å². The van der Waals surface area contributed by atoms with Gasteiger partial charge in [0.15, 0.2) is 18.2 Å². The largest absolute Gasteiger partial charge is 0.494 e. The van der Waals surface area contributed by atoms with Crippen molar-refractivity contribution in [3.63, 3.8) is 0 Å². The van der Waals surface area contributed by atoms with Gasteiger partial charge in [0.25, 0.3) is 5.91 Å². The number of para-hydroxylation sites is 1. The monoisotopic (exact) mass is 404 g/mol. The molecule has 29 heavy (non-hydrogen) atoms. The number of benzene rings is 2. The fraction of sp³-hybridized carbons (Fsp3) is 0.333. The van der Waals surface area contributed by atoms with Gasteiger partial charge in [-0.2, -0.15) is 0 Å². The molecule has 0 unspecified atom stereocenters. The predicted molar refractivity (Wildman–Crippen MR) is 103 cm³/mol. The van der Waals surface area contributed by atoms with Gasteiger partial charge in [0.2, 0.25) is 0 Å². The minimum atomic E-state index is -0.618. The summed E-state index contributed by atoms with van der Waals surface area (Å²) < 4.78 is 37.4. The van der Waals surface area contributed by atoms with Crippen LogP contribution >= 0.6 is 0 Å². The van der Waals surface area contributed by atoms with E-state index in [0.29, 0.717) is 37.4 Å². The number of halogens is 2. The van der Waals surface area contributed by atoms with Gasteiger partial charge in [0.1, 0.15) is 5.82 Å². The number of rotatable bonds is 6. The summed E-state index contributed by atoms with van der Waals surface area (Å²) in [5, 5.41) is 0. The first-order valence-electron chi connectivity index (χ1n) is 9.23. The lowest BCUT2D eigenvalue weighted by Crippen LogP contribution is -2.50. The fourth-order valence-electron chi connectivity index (χ4n) is 3.18. The highest BCUT2D eigenvalue weighted by atomic mass is 19.1. The van der Waals surface area contributed by atoms with Crippen LogP contribution in [-0.4, -0.2) is 56.7 Å². The number of hydrogen-bond acceptors (Lipinski definition) is 5. The predicted octanol–water partition coefficient (Wildman–Crippen LogP) is 2.41. The lowest BCUT2D eigenvalue weighted by molar-refractivity contribution is -0.151. The van der Waals surface area contributed by atoms with Crippen LogP contribution in [0.15, 0.2) is 42.5 Å². The van der Waals surface area contributed by atoms with E-state index in [1.165, 1.54) is 25.3 Å². The first kappa shape index (κ1) is 20.6. The van der Waals surface area contributed by atoms with E-state index in [1.54, 1.807) is 29.2 Å². The van der Waals surface area contributed by atoms with E-state index < -0.39 is 11.8 Å². The number of methoxy groups -OCH3 is 1. The van der Waals surface area contributed by atoms with Gasteiger partial charge in [-0.25, -0.2) is 8.78 Å². The summed E-state index contributed by atoms with van der Waals surface area (Å²) in [6.07, 6.45) is -0.144. The Labute approximate surface area is 167 Å². The second kappa shape index (κ2) is 9.36. The first-order chi connectivity index (χ1) is 14.0. The molecular formula is C21H22F2N2O4. The van der Waals surface area contributed by atoms with Crippen molar-refractivity contribution in [2.75, 3.05) is 44.8 Å². The maximum atomic E-state index is 13.9. The highest BCUT2D eigenvalue weighted by molar-refractivity contribution is 5.81. The summed E-state index contributed by atoms with van der Waals surface area (Å²) in [6, 6.07) is 10.7. The molecule has 0 spiro atoms. The smallest absolute Gasteiger partial charge is 0.310 e. The maximum absolute atomic E-state index is 13.9. The van der Waals surface area contributed by atoms with E-state index in [1.807, 2.05) is 4.90 Å². The second-order valence-electron chi connectivity index (χ2n) is 6.63. The zero-order valence-corrected chi connectivity index (χ0v) is 16.1. The van der Waals surface area contributed by atoms with Crippen molar-refractivity contribution in [2.24, 2.45) is 0 Å². The molecule has 0 aromatic heterocycles. The molecule has 0 radical (unpaired) electrons. The lowest BCUT2D eigenvalue weighted by Gasteiger charge is -2.36. The molecule has 8 heteroatoms. The number of nitrogens with zero attached hydrogens (tertiary/aromatic N) is 2. The van der Waals surface area contributed by atoms with Crippen molar-refractivity contribution in [1.82, 2.24) is 4.90 Å².